The second kappa shape index (κ2) is 4.57. The fourth-order valence-corrected chi connectivity index (χ4v) is 2.00. The van der Waals surface area contributed by atoms with Gasteiger partial charge in [0.05, 0.1) is 6.54 Å². The van der Waals surface area contributed by atoms with Crippen LogP contribution in [0, 0.1) is 0 Å². The van der Waals surface area contributed by atoms with Crippen molar-refractivity contribution in [2.75, 3.05) is 18.0 Å². The van der Waals surface area contributed by atoms with Crippen LogP contribution in [0.1, 0.15) is 25.3 Å². The summed E-state index contributed by atoms with van der Waals surface area (Å²) in [5.41, 5.74) is 1.94. The van der Waals surface area contributed by atoms with Gasteiger partial charge >= 0.3 is 0 Å². The van der Waals surface area contributed by atoms with Gasteiger partial charge in [-0.25, -0.2) is 0 Å². The number of nitrogens with one attached hydrogen (secondary N) is 1. The summed E-state index contributed by atoms with van der Waals surface area (Å²) in [5.74, 6) is 0.157. The van der Waals surface area contributed by atoms with Gasteiger partial charge in [0.2, 0.25) is 11.8 Å². The molecule has 1 aromatic carbocycles. The van der Waals surface area contributed by atoms with Crippen LogP contribution in [0.15, 0.2) is 24.3 Å². The number of carbonyl (C=O) groups is 2. The number of para-hydroxylation sites is 1. The van der Waals surface area contributed by atoms with Crippen molar-refractivity contribution in [1.29, 1.82) is 0 Å². The maximum absolute atomic E-state index is 11.8. The van der Waals surface area contributed by atoms with Crippen molar-refractivity contribution in [3.8, 4) is 0 Å². The lowest BCUT2D eigenvalue weighted by Gasteiger charge is -2.29. The van der Waals surface area contributed by atoms with Crippen LogP contribution in [0.3, 0.4) is 0 Å². The summed E-state index contributed by atoms with van der Waals surface area (Å²) >= 11 is 0. The summed E-state index contributed by atoms with van der Waals surface area (Å²) in [4.78, 5) is 24.8. The Morgan fingerprint density at radius 1 is 1.24 bits per heavy atom. The largest absolute Gasteiger partial charge is 0.345 e. The van der Waals surface area contributed by atoms with E-state index in [0.29, 0.717) is 5.92 Å². The highest BCUT2D eigenvalue weighted by Gasteiger charge is 2.26. The number of carbonyl (C=O) groups excluding carboxylic acids is 2. The van der Waals surface area contributed by atoms with E-state index in [1.54, 1.807) is 4.90 Å². The van der Waals surface area contributed by atoms with Gasteiger partial charge in [-0.05, 0) is 17.5 Å². The first-order valence-corrected chi connectivity index (χ1v) is 5.75. The van der Waals surface area contributed by atoms with Gasteiger partial charge in [-0.15, -0.1) is 0 Å². The third-order valence-electron chi connectivity index (χ3n) is 2.89. The molecule has 1 heterocycles. The highest BCUT2D eigenvalue weighted by atomic mass is 16.2. The molecule has 0 radical (unpaired) electrons. The minimum absolute atomic E-state index is 0.0577. The highest BCUT2D eigenvalue weighted by Crippen LogP contribution is 2.27. The molecule has 4 nitrogen and oxygen atoms in total. The molecule has 1 N–H and O–H groups in total. The molecule has 0 saturated carbocycles. The Hall–Kier alpha value is -1.84. The van der Waals surface area contributed by atoms with Crippen LogP contribution < -0.4 is 10.2 Å². The molecule has 17 heavy (non-hydrogen) atoms. The Kier molecular flexibility index (Phi) is 3.13. The molecule has 2 amide bonds. The lowest BCUT2D eigenvalue weighted by Crippen LogP contribution is -2.52. The Morgan fingerprint density at radius 3 is 2.65 bits per heavy atom. The molecule has 1 aromatic rings. The summed E-state index contributed by atoms with van der Waals surface area (Å²) in [5, 5.41) is 2.55. The lowest BCUT2D eigenvalue weighted by molar-refractivity contribution is -0.128. The van der Waals surface area contributed by atoms with E-state index < -0.39 is 0 Å². The van der Waals surface area contributed by atoms with Crippen LogP contribution in [0.5, 0.6) is 0 Å². The molecule has 1 aliphatic heterocycles. The molecule has 0 aliphatic carbocycles. The van der Waals surface area contributed by atoms with Crippen LogP contribution in [0.4, 0.5) is 5.69 Å². The van der Waals surface area contributed by atoms with E-state index in [1.807, 2.05) is 24.3 Å². The predicted octanol–water partition coefficient (Wildman–Crippen LogP) is 1.27. The number of benzene rings is 1. The van der Waals surface area contributed by atoms with E-state index in [-0.39, 0.29) is 24.9 Å². The van der Waals surface area contributed by atoms with Gasteiger partial charge in [-0.3, -0.25) is 9.59 Å². The molecule has 0 spiro atoms. The first-order chi connectivity index (χ1) is 8.09. The van der Waals surface area contributed by atoms with Gasteiger partial charge in [-0.2, -0.15) is 0 Å². The number of anilines is 1. The van der Waals surface area contributed by atoms with E-state index in [1.165, 1.54) is 0 Å². The number of rotatable bonds is 2. The van der Waals surface area contributed by atoms with Crippen molar-refractivity contribution in [2.45, 2.75) is 19.8 Å². The van der Waals surface area contributed by atoms with Crippen molar-refractivity contribution < 1.29 is 9.59 Å². The summed E-state index contributed by atoms with van der Waals surface area (Å²) in [7, 11) is 0. The van der Waals surface area contributed by atoms with Gasteiger partial charge in [0.1, 0.15) is 6.54 Å². The van der Waals surface area contributed by atoms with Crippen LogP contribution >= 0.6 is 0 Å². The number of nitrogens with zero attached hydrogens (tertiary/aromatic N) is 1. The van der Waals surface area contributed by atoms with E-state index in [2.05, 4.69) is 19.2 Å². The average molecular weight is 232 g/mol. The Balaban J connectivity index is 2.38. The van der Waals surface area contributed by atoms with E-state index >= 15 is 0 Å². The van der Waals surface area contributed by atoms with Crippen LogP contribution in [0.2, 0.25) is 0 Å². The first kappa shape index (κ1) is 11.6. The zero-order chi connectivity index (χ0) is 12.4. The quantitative estimate of drug-likeness (QED) is 0.835. The maximum Gasteiger partial charge on any atom is 0.246 e. The molecule has 2 rings (SSSR count). The molecular weight excluding hydrogens is 216 g/mol. The molecule has 1 aliphatic rings. The Labute approximate surface area is 101 Å². The zero-order valence-corrected chi connectivity index (χ0v) is 10.1. The molecular formula is C13H16N2O2. The summed E-state index contributed by atoms with van der Waals surface area (Å²) < 4.78 is 0. The minimum Gasteiger partial charge on any atom is -0.345 e. The van der Waals surface area contributed by atoms with Crippen molar-refractivity contribution in [2.24, 2.45) is 0 Å². The third kappa shape index (κ3) is 2.30. The predicted molar refractivity (Wildman–Crippen MR) is 65.9 cm³/mol. The second-order valence-corrected chi connectivity index (χ2v) is 4.47. The fraction of sp³-hybridized carbons (Fsp3) is 0.385. The first-order valence-electron chi connectivity index (χ1n) is 5.75. The SMILES string of the molecule is CC(C)c1ccccc1N1CC(=O)NCC1=O. The summed E-state index contributed by atoms with van der Waals surface area (Å²) in [6.45, 7) is 4.36. The Bertz CT molecular complexity index is 454. The number of amides is 2. The van der Waals surface area contributed by atoms with Crippen molar-refractivity contribution in [3.05, 3.63) is 29.8 Å². The molecule has 90 valence electrons. The van der Waals surface area contributed by atoms with E-state index in [4.69, 9.17) is 0 Å². The molecule has 1 saturated heterocycles. The third-order valence-corrected chi connectivity index (χ3v) is 2.89. The van der Waals surface area contributed by atoms with Crippen molar-refractivity contribution in [3.63, 3.8) is 0 Å². The average Bonchev–Trinajstić information content (AvgIpc) is 2.32. The maximum atomic E-state index is 11.8. The van der Waals surface area contributed by atoms with Crippen LogP contribution in [-0.2, 0) is 9.59 Å². The lowest BCUT2D eigenvalue weighted by atomic mass is 10.00. The molecule has 0 aromatic heterocycles. The van der Waals surface area contributed by atoms with Gasteiger partial charge < -0.3 is 10.2 Å². The standard InChI is InChI=1S/C13H16N2O2/c1-9(2)10-5-3-4-6-11(10)15-8-12(16)14-7-13(15)17/h3-6,9H,7-8H2,1-2H3,(H,14,16). The van der Waals surface area contributed by atoms with Crippen LogP contribution in [-0.4, -0.2) is 24.9 Å². The monoisotopic (exact) mass is 232 g/mol. The van der Waals surface area contributed by atoms with E-state index in [0.717, 1.165) is 11.3 Å². The number of hydrogen-bond donors (Lipinski definition) is 1. The van der Waals surface area contributed by atoms with E-state index in [9.17, 15) is 9.59 Å². The smallest absolute Gasteiger partial charge is 0.246 e. The molecule has 0 atom stereocenters. The second-order valence-electron chi connectivity index (χ2n) is 4.47. The molecule has 0 unspecified atom stereocenters. The molecule has 1 fully saturated rings. The van der Waals surface area contributed by atoms with Crippen molar-refractivity contribution in [1.82, 2.24) is 5.32 Å². The number of hydrogen-bond acceptors (Lipinski definition) is 2. The topological polar surface area (TPSA) is 49.4 Å². The summed E-state index contributed by atoms with van der Waals surface area (Å²) in [6, 6.07) is 7.74. The van der Waals surface area contributed by atoms with Crippen molar-refractivity contribution >= 4 is 17.5 Å². The highest BCUT2D eigenvalue weighted by molar-refractivity contribution is 6.04. The normalized spacial score (nSPS) is 16.3. The number of piperazine rings is 1. The molecule has 0 bridgehead atoms. The minimum atomic E-state index is -0.108. The van der Waals surface area contributed by atoms with Gasteiger partial charge in [0, 0.05) is 5.69 Å². The van der Waals surface area contributed by atoms with Gasteiger partial charge in [0.25, 0.3) is 0 Å². The Morgan fingerprint density at radius 2 is 1.94 bits per heavy atom. The van der Waals surface area contributed by atoms with Crippen LogP contribution in [0.25, 0.3) is 0 Å². The zero-order valence-electron chi connectivity index (χ0n) is 10.1. The fourth-order valence-electron chi connectivity index (χ4n) is 2.00. The molecule has 4 heteroatoms. The van der Waals surface area contributed by atoms with Gasteiger partial charge in [-0.1, -0.05) is 32.0 Å². The van der Waals surface area contributed by atoms with Gasteiger partial charge in [0.15, 0.2) is 0 Å². The summed E-state index contributed by atoms with van der Waals surface area (Å²) in [6.07, 6.45) is 0.